The van der Waals surface area contributed by atoms with E-state index in [1.807, 2.05) is 24.3 Å². The standard InChI is InChI=1S/C12H11N5O2/c1-18-8-4-2-7(3-5-8)10-11(19-16-12(10)13)9-6-14-17-15-9/h2-6H,1H3,(H2,13,16)(H,14,15,17). The second-order valence-corrected chi connectivity index (χ2v) is 3.86. The zero-order valence-electron chi connectivity index (χ0n) is 10.1. The summed E-state index contributed by atoms with van der Waals surface area (Å²) in [7, 11) is 1.61. The van der Waals surface area contributed by atoms with Crippen molar-refractivity contribution in [1.29, 1.82) is 0 Å². The maximum Gasteiger partial charge on any atom is 0.198 e. The summed E-state index contributed by atoms with van der Waals surface area (Å²) >= 11 is 0. The minimum atomic E-state index is 0.308. The van der Waals surface area contributed by atoms with Crippen LogP contribution in [0.25, 0.3) is 22.6 Å². The number of H-pyrrole nitrogens is 1. The Labute approximate surface area is 108 Å². The molecule has 3 rings (SSSR count). The Morgan fingerprint density at radius 3 is 2.68 bits per heavy atom. The number of aromatic amines is 1. The van der Waals surface area contributed by atoms with E-state index in [0.29, 0.717) is 22.8 Å². The maximum absolute atomic E-state index is 5.86. The molecular weight excluding hydrogens is 246 g/mol. The highest BCUT2D eigenvalue weighted by Crippen LogP contribution is 2.35. The van der Waals surface area contributed by atoms with Crippen LogP contribution in [0.15, 0.2) is 35.0 Å². The van der Waals surface area contributed by atoms with E-state index < -0.39 is 0 Å². The zero-order valence-corrected chi connectivity index (χ0v) is 10.1. The predicted molar refractivity (Wildman–Crippen MR) is 68.3 cm³/mol. The first-order valence-corrected chi connectivity index (χ1v) is 5.55. The Balaban J connectivity index is 2.11. The highest BCUT2D eigenvalue weighted by Gasteiger charge is 2.19. The van der Waals surface area contributed by atoms with Crippen molar-refractivity contribution in [2.45, 2.75) is 0 Å². The lowest BCUT2D eigenvalue weighted by Crippen LogP contribution is -1.89. The number of anilines is 1. The molecule has 0 saturated carbocycles. The van der Waals surface area contributed by atoms with Gasteiger partial charge in [0, 0.05) is 0 Å². The lowest BCUT2D eigenvalue weighted by molar-refractivity contribution is 0.415. The molecule has 0 radical (unpaired) electrons. The monoisotopic (exact) mass is 257 g/mol. The lowest BCUT2D eigenvalue weighted by atomic mass is 10.0. The van der Waals surface area contributed by atoms with Crippen LogP contribution in [0.2, 0.25) is 0 Å². The SMILES string of the molecule is COc1ccc(-c2c(N)noc2-c2cn[nH]n2)cc1. The molecular formula is C12H11N5O2. The van der Waals surface area contributed by atoms with E-state index in [4.69, 9.17) is 15.0 Å². The molecule has 0 atom stereocenters. The summed E-state index contributed by atoms with van der Waals surface area (Å²) in [6.45, 7) is 0. The van der Waals surface area contributed by atoms with Gasteiger partial charge >= 0.3 is 0 Å². The summed E-state index contributed by atoms with van der Waals surface area (Å²) in [4.78, 5) is 0. The molecule has 7 heteroatoms. The number of benzene rings is 1. The molecule has 1 aromatic carbocycles. The summed E-state index contributed by atoms with van der Waals surface area (Å²) in [5.74, 6) is 1.56. The van der Waals surface area contributed by atoms with E-state index in [-0.39, 0.29) is 0 Å². The van der Waals surface area contributed by atoms with Crippen LogP contribution in [0.3, 0.4) is 0 Å². The third-order valence-corrected chi connectivity index (χ3v) is 2.74. The van der Waals surface area contributed by atoms with E-state index in [9.17, 15) is 0 Å². The van der Waals surface area contributed by atoms with Gasteiger partial charge in [0.2, 0.25) is 0 Å². The van der Waals surface area contributed by atoms with Crippen molar-refractivity contribution in [3.63, 3.8) is 0 Å². The number of nitrogen functional groups attached to an aromatic ring is 1. The minimum absolute atomic E-state index is 0.308. The van der Waals surface area contributed by atoms with Gasteiger partial charge in [0.1, 0.15) is 5.75 Å². The summed E-state index contributed by atoms with van der Waals surface area (Å²) in [5, 5.41) is 14.0. The first kappa shape index (κ1) is 11.3. The molecule has 3 aromatic rings. The molecule has 19 heavy (non-hydrogen) atoms. The third-order valence-electron chi connectivity index (χ3n) is 2.74. The minimum Gasteiger partial charge on any atom is -0.497 e. The topological polar surface area (TPSA) is 103 Å². The number of methoxy groups -OCH3 is 1. The van der Waals surface area contributed by atoms with Crippen LogP contribution >= 0.6 is 0 Å². The van der Waals surface area contributed by atoms with Crippen molar-refractivity contribution in [1.82, 2.24) is 20.6 Å². The van der Waals surface area contributed by atoms with E-state index in [0.717, 1.165) is 11.3 Å². The first-order chi connectivity index (χ1) is 9.29. The van der Waals surface area contributed by atoms with Gasteiger partial charge in [-0.05, 0) is 17.7 Å². The average Bonchev–Trinajstić information content (AvgIpc) is 3.08. The van der Waals surface area contributed by atoms with Crippen LogP contribution in [0.4, 0.5) is 5.82 Å². The largest absolute Gasteiger partial charge is 0.497 e. The van der Waals surface area contributed by atoms with Crippen LogP contribution in [-0.4, -0.2) is 27.7 Å². The second-order valence-electron chi connectivity index (χ2n) is 3.86. The Hall–Kier alpha value is -2.83. The van der Waals surface area contributed by atoms with Crippen LogP contribution in [-0.2, 0) is 0 Å². The highest BCUT2D eigenvalue weighted by atomic mass is 16.5. The van der Waals surface area contributed by atoms with Gasteiger partial charge in [-0.2, -0.15) is 15.4 Å². The number of hydrogen-bond donors (Lipinski definition) is 2. The maximum atomic E-state index is 5.86. The number of rotatable bonds is 3. The fourth-order valence-corrected chi connectivity index (χ4v) is 1.82. The van der Waals surface area contributed by atoms with Gasteiger partial charge < -0.3 is 15.0 Å². The number of nitrogens with one attached hydrogen (secondary N) is 1. The van der Waals surface area contributed by atoms with Gasteiger partial charge in [0.25, 0.3) is 0 Å². The molecule has 0 aliphatic heterocycles. The third kappa shape index (κ3) is 1.90. The molecule has 0 aliphatic carbocycles. The fraction of sp³-hybridized carbons (Fsp3) is 0.0833. The molecule has 0 saturated heterocycles. The van der Waals surface area contributed by atoms with Crippen molar-refractivity contribution >= 4 is 5.82 Å². The molecule has 96 valence electrons. The predicted octanol–water partition coefficient (Wildman–Crippen LogP) is 1.72. The van der Waals surface area contributed by atoms with Crippen molar-refractivity contribution in [3.8, 4) is 28.3 Å². The van der Waals surface area contributed by atoms with Crippen LogP contribution in [0.1, 0.15) is 0 Å². The van der Waals surface area contributed by atoms with Gasteiger partial charge in [-0.3, -0.25) is 0 Å². The van der Waals surface area contributed by atoms with Gasteiger partial charge in [-0.15, -0.1) is 0 Å². The van der Waals surface area contributed by atoms with Crippen LogP contribution < -0.4 is 10.5 Å². The van der Waals surface area contributed by atoms with Gasteiger partial charge in [-0.25, -0.2) is 0 Å². The molecule has 0 amide bonds. The second kappa shape index (κ2) is 4.45. The summed E-state index contributed by atoms with van der Waals surface area (Å²) in [6, 6.07) is 7.44. The molecule has 2 aromatic heterocycles. The normalized spacial score (nSPS) is 10.6. The quantitative estimate of drug-likeness (QED) is 0.740. The van der Waals surface area contributed by atoms with E-state index in [1.165, 1.54) is 0 Å². The van der Waals surface area contributed by atoms with Gasteiger partial charge in [0.05, 0.1) is 18.9 Å². The molecule has 7 nitrogen and oxygen atoms in total. The Bertz CT molecular complexity index is 673. The summed E-state index contributed by atoms with van der Waals surface area (Å²) in [6.07, 6.45) is 1.55. The van der Waals surface area contributed by atoms with Crippen molar-refractivity contribution in [2.75, 3.05) is 12.8 Å². The highest BCUT2D eigenvalue weighted by molar-refractivity contribution is 5.85. The van der Waals surface area contributed by atoms with Crippen molar-refractivity contribution in [2.24, 2.45) is 0 Å². The van der Waals surface area contributed by atoms with E-state index in [1.54, 1.807) is 13.3 Å². The van der Waals surface area contributed by atoms with Crippen molar-refractivity contribution < 1.29 is 9.26 Å². The molecule has 0 spiro atoms. The van der Waals surface area contributed by atoms with Crippen LogP contribution in [0.5, 0.6) is 5.75 Å². The first-order valence-electron chi connectivity index (χ1n) is 5.55. The fourth-order valence-electron chi connectivity index (χ4n) is 1.82. The van der Waals surface area contributed by atoms with Crippen molar-refractivity contribution in [3.05, 3.63) is 30.5 Å². The lowest BCUT2D eigenvalue weighted by Gasteiger charge is -2.03. The molecule has 2 heterocycles. The molecule has 3 N–H and O–H groups in total. The molecule has 0 unspecified atom stereocenters. The Morgan fingerprint density at radius 2 is 2.05 bits per heavy atom. The number of ether oxygens (including phenoxy) is 1. The number of nitrogens with two attached hydrogens (primary N) is 1. The molecule has 0 bridgehead atoms. The number of nitrogens with zero attached hydrogens (tertiary/aromatic N) is 3. The summed E-state index contributed by atoms with van der Waals surface area (Å²) < 4.78 is 10.3. The van der Waals surface area contributed by atoms with E-state index in [2.05, 4.69) is 20.6 Å². The van der Waals surface area contributed by atoms with Gasteiger partial charge in [-0.1, -0.05) is 17.3 Å². The Kier molecular flexibility index (Phi) is 2.64. The number of aromatic nitrogens is 4. The van der Waals surface area contributed by atoms with E-state index >= 15 is 0 Å². The van der Waals surface area contributed by atoms with Gasteiger partial charge in [0.15, 0.2) is 17.3 Å². The average molecular weight is 257 g/mol. The Morgan fingerprint density at radius 1 is 1.26 bits per heavy atom. The smallest absolute Gasteiger partial charge is 0.198 e. The zero-order chi connectivity index (χ0) is 13.2. The molecule has 0 aliphatic rings. The molecule has 0 fully saturated rings. The van der Waals surface area contributed by atoms with Crippen LogP contribution in [0, 0.1) is 0 Å². The number of hydrogen-bond acceptors (Lipinski definition) is 6. The summed E-state index contributed by atoms with van der Waals surface area (Å²) in [5.41, 5.74) is 7.97.